The van der Waals surface area contributed by atoms with Gasteiger partial charge in [0, 0.05) is 19.3 Å². The molecule has 0 aliphatic carbocycles. The van der Waals surface area contributed by atoms with Crippen LogP contribution in [0.4, 0.5) is 0 Å². The summed E-state index contributed by atoms with van der Waals surface area (Å²) in [5.41, 5.74) is 0. The molecule has 0 rings (SSSR count). The molecular weight excluding hydrogens is 925 g/mol. The summed E-state index contributed by atoms with van der Waals surface area (Å²) in [5.74, 6) is -0.876. The molecule has 0 aromatic heterocycles. The molecule has 0 heterocycles. The Kier molecular flexibility index (Phi) is 59.8. The summed E-state index contributed by atoms with van der Waals surface area (Å²) in [7, 11) is 0. The van der Waals surface area contributed by atoms with Crippen LogP contribution in [0.15, 0.2) is 97.2 Å². The van der Waals surface area contributed by atoms with E-state index in [0.717, 1.165) is 116 Å². The Bertz CT molecular complexity index is 1480. The van der Waals surface area contributed by atoms with E-state index >= 15 is 0 Å². The van der Waals surface area contributed by atoms with E-state index in [1.54, 1.807) is 0 Å². The number of hydrogen-bond acceptors (Lipinski definition) is 6. The second-order valence-corrected chi connectivity index (χ2v) is 21.0. The fourth-order valence-corrected chi connectivity index (χ4v) is 8.87. The molecule has 0 fully saturated rings. The minimum absolute atomic E-state index is 0.0753. The third-order valence-electron chi connectivity index (χ3n) is 13.6. The number of carbonyl (C=O) groups excluding carboxylic acids is 3. The van der Waals surface area contributed by atoms with Gasteiger partial charge >= 0.3 is 17.9 Å². The molecule has 1 unspecified atom stereocenters. The van der Waals surface area contributed by atoms with E-state index in [0.29, 0.717) is 19.3 Å². The molecule has 6 nitrogen and oxygen atoms in total. The second-order valence-electron chi connectivity index (χ2n) is 21.0. The summed E-state index contributed by atoms with van der Waals surface area (Å²) in [4.78, 5) is 38.1. The molecule has 0 bridgehead atoms. The van der Waals surface area contributed by atoms with E-state index in [4.69, 9.17) is 14.2 Å². The standard InChI is InChI=1S/C69H118O6/c1-4-7-10-13-16-19-21-23-25-26-27-28-29-30-31-32-33-34-35-36-37-38-39-40-41-42-44-45-47-50-53-56-59-62-68(71)74-65-66(64-73-67(70)61-58-55-52-49-18-15-12-9-6-3)75-69(72)63-60-57-54-51-48-46-43-24-22-20-17-14-11-8-5-2/h7,10,16,19,23,25,27-28,30-31,33-34,36-37,39-40,66H,4-6,8-9,11-15,17-18,20-22,24,26,29,32,35,38,41-65H2,1-3H3/b10-7-,19-16-,25-23-,28-27-,31-30-,34-33-,37-36-,40-39-. The average Bonchev–Trinajstić information content (AvgIpc) is 3.41. The van der Waals surface area contributed by atoms with Gasteiger partial charge in [-0.05, 0) is 83.5 Å². The SMILES string of the molecule is CC/C=C\C/C=C\C/C=C\C/C=C\C/C=C\C/C=C\C/C=C\C/C=C\CCCCCCCCCCC(=O)OCC(COC(=O)CCCCCCCCCCC)OC(=O)CCCCCCCCCCCCCCCCC. The lowest BCUT2D eigenvalue weighted by molar-refractivity contribution is -0.167. The van der Waals surface area contributed by atoms with Crippen molar-refractivity contribution in [3.05, 3.63) is 97.2 Å². The van der Waals surface area contributed by atoms with Gasteiger partial charge < -0.3 is 14.2 Å². The van der Waals surface area contributed by atoms with Crippen molar-refractivity contribution < 1.29 is 28.6 Å². The molecule has 0 aromatic carbocycles. The second kappa shape index (κ2) is 62.9. The maximum Gasteiger partial charge on any atom is 0.306 e. The van der Waals surface area contributed by atoms with Gasteiger partial charge in [-0.15, -0.1) is 0 Å². The average molecular weight is 1040 g/mol. The highest BCUT2D eigenvalue weighted by molar-refractivity contribution is 5.71. The van der Waals surface area contributed by atoms with Crippen LogP contribution in [-0.4, -0.2) is 37.2 Å². The minimum Gasteiger partial charge on any atom is -0.462 e. The van der Waals surface area contributed by atoms with Gasteiger partial charge in [-0.2, -0.15) is 0 Å². The molecule has 0 spiro atoms. The number of rotatable bonds is 57. The number of ether oxygens (including phenoxy) is 3. The van der Waals surface area contributed by atoms with E-state index in [9.17, 15) is 14.4 Å². The monoisotopic (exact) mass is 1040 g/mol. The highest BCUT2D eigenvalue weighted by atomic mass is 16.6. The Labute approximate surface area is 464 Å². The molecule has 0 N–H and O–H groups in total. The predicted molar refractivity (Wildman–Crippen MR) is 325 cm³/mol. The van der Waals surface area contributed by atoms with Crippen LogP contribution in [0.2, 0.25) is 0 Å². The van der Waals surface area contributed by atoms with Crippen LogP contribution < -0.4 is 0 Å². The third kappa shape index (κ3) is 61.1. The van der Waals surface area contributed by atoms with Crippen LogP contribution in [0, 0.1) is 0 Å². The Morgan fingerprint density at radius 1 is 0.280 bits per heavy atom. The van der Waals surface area contributed by atoms with Crippen molar-refractivity contribution in [1.82, 2.24) is 0 Å². The normalized spacial score (nSPS) is 12.7. The molecule has 0 aliphatic rings. The van der Waals surface area contributed by atoms with Crippen molar-refractivity contribution in [3.63, 3.8) is 0 Å². The minimum atomic E-state index is -0.776. The molecule has 0 radical (unpaired) electrons. The van der Waals surface area contributed by atoms with Gasteiger partial charge in [0.2, 0.25) is 0 Å². The summed E-state index contributed by atoms with van der Waals surface area (Å²) in [6.07, 6.45) is 84.2. The number of esters is 3. The zero-order chi connectivity index (χ0) is 54.3. The van der Waals surface area contributed by atoms with Crippen molar-refractivity contribution in [2.24, 2.45) is 0 Å². The Hall–Kier alpha value is -3.67. The van der Waals surface area contributed by atoms with E-state index in [1.807, 2.05) is 0 Å². The largest absolute Gasteiger partial charge is 0.462 e. The lowest BCUT2D eigenvalue weighted by Crippen LogP contribution is -2.30. The number of carbonyl (C=O) groups is 3. The van der Waals surface area contributed by atoms with Gasteiger partial charge in [0.25, 0.3) is 0 Å². The first-order valence-electron chi connectivity index (χ1n) is 31.7. The Morgan fingerprint density at radius 2 is 0.520 bits per heavy atom. The zero-order valence-electron chi connectivity index (χ0n) is 49.3. The lowest BCUT2D eigenvalue weighted by atomic mass is 10.0. The Balaban J connectivity index is 4.17. The molecule has 0 saturated carbocycles. The topological polar surface area (TPSA) is 78.9 Å². The van der Waals surface area contributed by atoms with Crippen LogP contribution in [-0.2, 0) is 28.6 Å². The third-order valence-corrected chi connectivity index (χ3v) is 13.6. The molecule has 0 aliphatic heterocycles. The van der Waals surface area contributed by atoms with Gasteiger partial charge in [0.1, 0.15) is 13.2 Å². The van der Waals surface area contributed by atoms with E-state index in [1.165, 1.54) is 148 Å². The molecule has 1 atom stereocenters. The van der Waals surface area contributed by atoms with Crippen LogP contribution in [0.3, 0.4) is 0 Å². The van der Waals surface area contributed by atoms with Crippen LogP contribution >= 0.6 is 0 Å². The van der Waals surface area contributed by atoms with Crippen molar-refractivity contribution in [2.75, 3.05) is 13.2 Å². The molecule has 0 amide bonds. The van der Waals surface area contributed by atoms with E-state index < -0.39 is 6.10 Å². The summed E-state index contributed by atoms with van der Waals surface area (Å²) >= 11 is 0. The molecule has 6 heteroatoms. The quantitative estimate of drug-likeness (QED) is 0.0261. The van der Waals surface area contributed by atoms with Gasteiger partial charge in [0.15, 0.2) is 6.10 Å². The summed E-state index contributed by atoms with van der Waals surface area (Å²) in [6.45, 7) is 6.52. The zero-order valence-corrected chi connectivity index (χ0v) is 49.3. The highest BCUT2D eigenvalue weighted by Crippen LogP contribution is 2.16. The predicted octanol–water partition coefficient (Wildman–Crippen LogP) is 21.7. The van der Waals surface area contributed by atoms with Crippen LogP contribution in [0.1, 0.15) is 303 Å². The van der Waals surface area contributed by atoms with Crippen molar-refractivity contribution in [3.8, 4) is 0 Å². The summed E-state index contributed by atoms with van der Waals surface area (Å²) < 4.78 is 16.9. The van der Waals surface area contributed by atoms with Crippen molar-refractivity contribution in [2.45, 2.75) is 309 Å². The van der Waals surface area contributed by atoms with Crippen molar-refractivity contribution >= 4 is 17.9 Å². The Morgan fingerprint density at radius 3 is 0.813 bits per heavy atom. The van der Waals surface area contributed by atoms with Crippen LogP contribution in [0.25, 0.3) is 0 Å². The maximum atomic E-state index is 12.8. The molecule has 75 heavy (non-hydrogen) atoms. The summed E-state index contributed by atoms with van der Waals surface area (Å²) in [6, 6.07) is 0. The first-order chi connectivity index (χ1) is 37.0. The molecule has 0 saturated heterocycles. The summed E-state index contributed by atoms with van der Waals surface area (Å²) in [5, 5.41) is 0. The number of allylic oxidation sites excluding steroid dienone is 16. The molecule has 430 valence electrons. The van der Waals surface area contributed by atoms with E-state index in [2.05, 4.69) is 118 Å². The fraction of sp³-hybridized carbons (Fsp3) is 0.725. The number of unbranched alkanes of at least 4 members (excludes halogenated alkanes) is 30. The van der Waals surface area contributed by atoms with Gasteiger partial charge in [0.05, 0.1) is 0 Å². The smallest absolute Gasteiger partial charge is 0.306 e. The van der Waals surface area contributed by atoms with Crippen molar-refractivity contribution in [1.29, 1.82) is 0 Å². The number of hydrogen-bond donors (Lipinski definition) is 0. The fourth-order valence-electron chi connectivity index (χ4n) is 8.87. The highest BCUT2D eigenvalue weighted by Gasteiger charge is 2.19. The van der Waals surface area contributed by atoms with E-state index in [-0.39, 0.29) is 31.1 Å². The lowest BCUT2D eigenvalue weighted by Gasteiger charge is -2.18. The van der Waals surface area contributed by atoms with Gasteiger partial charge in [-0.25, -0.2) is 0 Å². The van der Waals surface area contributed by atoms with Crippen LogP contribution in [0.5, 0.6) is 0 Å². The first-order valence-corrected chi connectivity index (χ1v) is 31.7. The maximum absolute atomic E-state index is 12.8. The van der Waals surface area contributed by atoms with Gasteiger partial charge in [-0.3, -0.25) is 14.4 Å². The first kappa shape index (κ1) is 71.3. The molecule has 0 aromatic rings. The van der Waals surface area contributed by atoms with Gasteiger partial charge in [-0.1, -0.05) is 298 Å². The molecular formula is C69H118O6.